The van der Waals surface area contributed by atoms with Crippen molar-refractivity contribution < 1.29 is 13.9 Å². The molecule has 0 spiro atoms. The summed E-state index contributed by atoms with van der Waals surface area (Å²) in [5.74, 6) is -0.237. The topological polar surface area (TPSA) is 50.4 Å². The van der Waals surface area contributed by atoms with Crippen molar-refractivity contribution in [1.82, 2.24) is 10.6 Å². The van der Waals surface area contributed by atoms with Crippen molar-refractivity contribution in [1.29, 1.82) is 0 Å². The van der Waals surface area contributed by atoms with Gasteiger partial charge in [-0.25, -0.2) is 9.18 Å². The monoisotopic (exact) mass is 310 g/mol. The molecule has 1 rings (SSSR count). The molecule has 0 aliphatic heterocycles. The van der Waals surface area contributed by atoms with Crippen LogP contribution in [0.15, 0.2) is 24.3 Å². The van der Waals surface area contributed by atoms with E-state index in [-0.39, 0.29) is 17.9 Å². The number of benzene rings is 1. The molecular formula is C17H27FN2O2. The van der Waals surface area contributed by atoms with Gasteiger partial charge in [-0.05, 0) is 51.8 Å². The number of carbonyl (C=O) groups is 1. The van der Waals surface area contributed by atoms with Crippen molar-refractivity contribution in [3.63, 3.8) is 0 Å². The van der Waals surface area contributed by atoms with E-state index in [1.54, 1.807) is 12.1 Å². The number of hydrogen-bond donors (Lipinski definition) is 2. The molecule has 2 unspecified atom stereocenters. The van der Waals surface area contributed by atoms with Gasteiger partial charge in [-0.2, -0.15) is 0 Å². The van der Waals surface area contributed by atoms with Gasteiger partial charge in [0.1, 0.15) is 11.4 Å². The molecule has 0 radical (unpaired) electrons. The highest BCUT2D eigenvalue weighted by Crippen LogP contribution is 2.16. The standard InChI is InChI=1S/C17H27FN2O2/c1-6-15(13-7-9-14(18)10-8-13)19-11-12(2)20-16(21)22-17(3,4)5/h7-10,12,15,19H,6,11H2,1-5H3,(H,20,21). The van der Waals surface area contributed by atoms with E-state index >= 15 is 0 Å². The number of hydrogen-bond acceptors (Lipinski definition) is 3. The summed E-state index contributed by atoms with van der Waals surface area (Å²) in [6, 6.07) is 6.54. The average molecular weight is 310 g/mol. The van der Waals surface area contributed by atoms with Crippen molar-refractivity contribution in [2.45, 2.75) is 58.7 Å². The van der Waals surface area contributed by atoms with Crippen molar-refractivity contribution >= 4 is 6.09 Å². The number of nitrogens with one attached hydrogen (secondary N) is 2. The first-order chi connectivity index (χ1) is 10.2. The molecular weight excluding hydrogens is 283 g/mol. The van der Waals surface area contributed by atoms with Gasteiger partial charge < -0.3 is 15.4 Å². The van der Waals surface area contributed by atoms with E-state index in [1.807, 2.05) is 27.7 Å². The maximum atomic E-state index is 13.0. The first kappa shape index (κ1) is 18.4. The molecule has 1 amide bonds. The normalized spacial score (nSPS) is 14.3. The smallest absolute Gasteiger partial charge is 0.407 e. The number of ether oxygens (including phenoxy) is 1. The van der Waals surface area contributed by atoms with Crippen LogP contribution >= 0.6 is 0 Å². The van der Waals surface area contributed by atoms with Crippen molar-refractivity contribution in [2.24, 2.45) is 0 Å². The lowest BCUT2D eigenvalue weighted by Gasteiger charge is -2.24. The van der Waals surface area contributed by atoms with Gasteiger partial charge >= 0.3 is 6.09 Å². The lowest BCUT2D eigenvalue weighted by molar-refractivity contribution is 0.0507. The molecule has 2 N–H and O–H groups in total. The van der Waals surface area contributed by atoms with Crippen LogP contribution in [0.4, 0.5) is 9.18 Å². The predicted octanol–water partition coefficient (Wildman–Crippen LogP) is 3.78. The summed E-state index contributed by atoms with van der Waals surface area (Å²) in [4.78, 5) is 11.7. The van der Waals surface area contributed by atoms with Gasteiger partial charge in [0.25, 0.3) is 0 Å². The highest BCUT2D eigenvalue weighted by Gasteiger charge is 2.18. The van der Waals surface area contributed by atoms with Crippen LogP contribution in [-0.2, 0) is 4.74 Å². The van der Waals surface area contributed by atoms with E-state index in [1.165, 1.54) is 12.1 Å². The number of alkyl carbamates (subject to hydrolysis) is 1. The molecule has 1 aromatic carbocycles. The Kier molecular flexibility index (Phi) is 6.81. The van der Waals surface area contributed by atoms with Gasteiger partial charge in [0.15, 0.2) is 0 Å². The Morgan fingerprint density at radius 2 is 1.86 bits per heavy atom. The molecule has 0 bridgehead atoms. The van der Waals surface area contributed by atoms with Gasteiger partial charge in [0.05, 0.1) is 0 Å². The summed E-state index contributed by atoms with van der Waals surface area (Å²) in [7, 11) is 0. The molecule has 5 heteroatoms. The first-order valence-electron chi connectivity index (χ1n) is 7.69. The average Bonchev–Trinajstić information content (AvgIpc) is 2.39. The Hall–Kier alpha value is -1.62. The van der Waals surface area contributed by atoms with Crippen LogP contribution in [0.5, 0.6) is 0 Å². The summed E-state index contributed by atoms with van der Waals surface area (Å²) >= 11 is 0. The molecule has 0 heterocycles. The highest BCUT2D eigenvalue weighted by atomic mass is 19.1. The zero-order chi connectivity index (χ0) is 16.8. The summed E-state index contributed by atoms with van der Waals surface area (Å²) < 4.78 is 18.2. The van der Waals surface area contributed by atoms with Gasteiger partial charge in [0.2, 0.25) is 0 Å². The highest BCUT2D eigenvalue weighted by molar-refractivity contribution is 5.68. The van der Waals surface area contributed by atoms with Crippen LogP contribution in [0, 0.1) is 5.82 Å². The molecule has 2 atom stereocenters. The second-order valence-corrected chi connectivity index (χ2v) is 6.47. The molecule has 4 nitrogen and oxygen atoms in total. The summed E-state index contributed by atoms with van der Waals surface area (Å²) in [6.45, 7) is 10.1. The van der Waals surface area contributed by atoms with Gasteiger partial charge in [0, 0.05) is 18.6 Å². The fourth-order valence-corrected chi connectivity index (χ4v) is 2.07. The van der Waals surface area contributed by atoms with Crippen LogP contribution in [0.2, 0.25) is 0 Å². The minimum Gasteiger partial charge on any atom is -0.444 e. The number of halogens is 1. The van der Waals surface area contributed by atoms with Gasteiger partial charge in [-0.1, -0.05) is 19.1 Å². The van der Waals surface area contributed by atoms with Crippen LogP contribution in [0.25, 0.3) is 0 Å². The molecule has 0 saturated carbocycles. The molecule has 124 valence electrons. The fourth-order valence-electron chi connectivity index (χ4n) is 2.07. The number of carbonyl (C=O) groups excluding carboxylic acids is 1. The maximum Gasteiger partial charge on any atom is 0.407 e. The van der Waals surface area contributed by atoms with E-state index < -0.39 is 11.7 Å². The van der Waals surface area contributed by atoms with Crippen LogP contribution in [0.1, 0.15) is 52.6 Å². The lowest BCUT2D eigenvalue weighted by atomic mass is 10.0. The minimum absolute atomic E-state index is 0.0654. The minimum atomic E-state index is -0.503. The molecule has 0 fully saturated rings. The third-order valence-corrected chi connectivity index (χ3v) is 3.11. The van der Waals surface area contributed by atoms with Crippen LogP contribution in [0.3, 0.4) is 0 Å². The summed E-state index contributed by atoms with van der Waals surface area (Å²) in [6.07, 6.45) is 0.460. The zero-order valence-electron chi connectivity index (χ0n) is 14.1. The third kappa shape index (κ3) is 6.89. The van der Waals surface area contributed by atoms with Crippen LogP contribution < -0.4 is 10.6 Å². The first-order valence-corrected chi connectivity index (χ1v) is 7.69. The third-order valence-electron chi connectivity index (χ3n) is 3.11. The lowest BCUT2D eigenvalue weighted by Crippen LogP contribution is -2.43. The van der Waals surface area contributed by atoms with E-state index in [9.17, 15) is 9.18 Å². The second kappa shape index (κ2) is 8.13. The Morgan fingerprint density at radius 1 is 1.27 bits per heavy atom. The quantitative estimate of drug-likeness (QED) is 0.840. The summed E-state index contributed by atoms with van der Waals surface area (Å²) in [5.41, 5.74) is 0.533. The second-order valence-electron chi connectivity index (χ2n) is 6.47. The Balaban J connectivity index is 2.45. The van der Waals surface area contributed by atoms with Crippen molar-refractivity contribution in [3.05, 3.63) is 35.6 Å². The van der Waals surface area contributed by atoms with Crippen molar-refractivity contribution in [3.8, 4) is 0 Å². The number of amides is 1. The molecule has 0 saturated heterocycles. The largest absolute Gasteiger partial charge is 0.444 e. The Labute approximate surface area is 132 Å². The van der Waals surface area contributed by atoms with E-state index in [4.69, 9.17) is 4.74 Å². The van der Waals surface area contributed by atoms with E-state index in [0.29, 0.717) is 6.54 Å². The van der Waals surface area contributed by atoms with Gasteiger partial charge in [-0.15, -0.1) is 0 Å². The maximum absolute atomic E-state index is 13.0. The molecule has 22 heavy (non-hydrogen) atoms. The molecule has 0 aliphatic rings. The Bertz CT molecular complexity index is 469. The van der Waals surface area contributed by atoms with E-state index in [0.717, 1.165) is 12.0 Å². The molecule has 1 aromatic rings. The predicted molar refractivity (Wildman–Crippen MR) is 86.3 cm³/mol. The van der Waals surface area contributed by atoms with E-state index in [2.05, 4.69) is 17.6 Å². The SMILES string of the molecule is CCC(NCC(C)NC(=O)OC(C)(C)C)c1ccc(F)cc1. The zero-order valence-corrected chi connectivity index (χ0v) is 14.1. The van der Waals surface area contributed by atoms with Crippen molar-refractivity contribution in [2.75, 3.05) is 6.54 Å². The molecule has 0 aromatic heterocycles. The number of rotatable bonds is 6. The van der Waals surface area contributed by atoms with Gasteiger partial charge in [-0.3, -0.25) is 0 Å². The molecule has 0 aliphatic carbocycles. The Morgan fingerprint density at radius 3 is 2.36 bits per heavy atom. The fraction of sp³-hybridized carbons (Fsp3) is 0.588. The van der Waals surface area contributed by atoms with Crippen LogP contribution in [-0.4, -0.2) is 24.3 Å². The summed E-state index contributed by atoms with van der Waals surface area (Å²) in [5, 5.41) is 6.17.